The Balaban J connectivity index is 1.87. The van der Waals surface area contributed by atoms with Gasteiger partial charge in [-0.1, -0.05) is 6.07 Å². The molecule has 3 rings (SSSR count). The number of ketones is 1. The zero-order valence-electron chi connectivity index (χ0n) is 19.3. The van der Waals surface area contributed by atoms with Gasteiger partial charge < -0.3 is 55.1 Å². The van der Waals surface area contributed by atoms with E-state index in [-0.39, 0.29) is 29.9 Å². The van der Waals surface area contributed by atoms with Gasteiger partial charge in [-0.25, -0.2) is 0 Å². The molecular formula is C24H30O12. The second-order valence-corrected chi connectivity index (χ2v) is 8.44. The van der Waals surface area contributed by atoms with Gasteiger partial charge in [0, 0.05) is 19.1 Å². The van der Waals surface area contributed by atoms with Crippen molar-refractivity contribution in [3.8, 4) is 23.0 Å². The number of benzene rings is 2. The number of aliphatic hydroxyl groups excluding tert-OH is 4. The third-order valence-electron chi connectivity index (χ3n) is 6.03. The lowest BCUT2D eigenvalue weighted by Gasteiger charge is -2.41. The first kappa shape index (κ1) is 27.6. The van der Waals surface area contributed by atoms with Crippen molar-refractivity contribution < 1.29 is 59.9 Å². The van der Waals surface area contributed by atoms with Gasteiger partial charge in [-0.05, 0) is 42.3 Å². The molecule has 0 aromatic heterocycles. The van der Waals surface area contributed by atoms with Crippen LogP contribution in [0.4, 0.5) is 0 Å². The third-order valence-corrected chi connectivity index (χ3v) is 6.03. The molecule has 1 saturated heterocycles. The lowest BCUT2D eigenvalue weighted by molar-refractivity contribution is -0.318. The molecule has 7 atom stereocenters. The van der Waals surface area contributed by atoms with E-state index in [2.05, 4.69) is 0 Å². The highest BCUT2D eigenvalue weighted by Gasteiger charge is 2.45. The van der Waals surface area contributed by atoms with E-state index in [0.29, 0.717) is 5.56 Å². The summed E-state index contributed by atoms with van der Waals surface area (Å²) in [7, 11) is 1.33. The SMILES string of the molecule is CO[C@H](c1ccc(O)c(O)c1)[C@@H](CCC(=O)c1ccc(O)c(O)c1)O[C@@H]1O[C@@H](CO)[C@@H](O)[C@H](O)[C@@H]1O. The summed E-state index contributed by atoms with van der Waals surface area (Å²) in [6, 6.07) is 7.51. The maximum atomic E-state index is 12.8. The maximum Gasteiger partial charge on any atom is 0.187 e. The first-order valence-corrected chi connectivity index (χ1v) is 11.1. The first-order valence-electron chi connectivity index (χ1n) is 11.1. The van der Waals surface area contributed by atoms with Gasteiger partial charge in [0.25, 0.3) is 0 Å². The van der Waals surface area contributed by atoms with Crippen molar-refractivity contribution in [3.05, 3.63) is 47.5 Å². The molecule has 0 amide bonds. The molecule has 2 aromatic rings. The van der Waals surface area contributed by atoms with Gasteiger partial charge in [-0.2, -0.15) is 0 Å². The van der Waals surface area contributed by atoms with Gasteiger partial charge in [0.2, 0.25) is 0 Å². The molecule has 1 fully saturated rings. The van der Waals surface area contributed by atoms with Gasteiger partial charge in [0.15, 0.2) is 35.1 Å². The third kappa shape index (κ3) is 6.05. The van der Waals surface area contributed by atoms with Crippen molar-refractivity contribution in [3.63, 3.8) is 0 Å². The van der Waals surface area contributed by atoms with Gasteiger partial charge in [0.05, 0.1) is 12.7 Å². The molecule has 0 spiro atoms. The van der Waals surface area contributed by atoms with Crippen LogP contribution in [0.3, 0.4) is 0 Å². The monoisotopic (exact) mass is 510 g/mol. The molecule has 0 saturated carbocycles. The first-order chi connectivity index (χ1) is 17.1. The zero-order chi connectivity index (χ0) is 26.6. The normalized spacial score (nSPS) is 25.9. The number of methoxy groups -OCH3 is 1. The van der Waals surface area contributed by atoms with Crippen molar-refractivity contribution >= 4 is 5.78 Å². The highest BCUT2D eigenvalue weighted by molar-refractivity contribution is 5.96. The van der Waals surface area contributed by atoms with Crippen molar-refractivity contribution in [2.45, 2.75) is 55.8 Å². The van der Waals surface area contributed by atoms with Gasteiger partial charge in [-0.3, -0.25) is 4.79 Å². The fourth-order valence-corrected chi connectivity index (χ4v) is 3.98. The van der Waals surface area contributed by atoms with Crippen LogP contribution in [0, 0.1) is 0 Å². The fraction of sp³-hybridized carbons (Fsp3) is 0.458. The Morgan fingerprint density at radius 3 is 2.14 bits per heavy atom. The molecule has 36 heavy (non-hydrogen) atoms. The number of rotatable bonds is 10. The second kappa shape index (κ2) is 11.8. The number of aromatic hydroxyl groups is 4. The minimum Gasteiger partial charge on any atom is -0.504 e. The summed E-state index contributed by atoms with van der Waals surface area (Å²) in [6.07, 6.45) is -9.97. The number of Topliss-reactive ketones (excluding diaryl/α,β-unsaturated/α-hetero) is 1. The van der Waals surface area contributed by atoms with Crippen molar-refractivity contribution in [2.75, 3.05) is 13.7 Å². The maximum absolute atomic E-state index is 12.8. The van der Waals surface area contributed by atoms with E-state index < -0.39 is 66.8 Å². The Kier molecular flexibility index (Phi) is 9.08. The summed E-state index contributed by atoms with van der Waals surface area (Å²) in [6.45, 7) is -0.669. The number of aliphatic hydroxyl groups is 4. The van der Waals surface area contributed by atoms with E-state index in [0.717, 1.165) is 6.07 Å². The highest BCUT2D eigenvalue weighted by atomic mass is 16.7. The zero-order valence-corrected chi connectivity index (χ0v) is 19.3. The lowest BCUT2D eigenvalue weighted by Crippen LogP contribution is -2.59. The predicted octanol–water partition coefficient (Wildman–Crippen LogP) is 0.0447. The van der Waals surface area contributed by atoms with Crippen LogP contribution in [0.25, 0.3) is 0 Å². The Bertz CT molecular complexity index is 1040. The quantitative estimate of drug-likeness (QED) is 0.158. The number of phenols is 4. The molecule has 0 unspecified atom stereocenters. The average molecular weight is 510 g/mol. The molecule has 12 heteroatoms. The van der Waals surface area contributed by atoms with E-state index in [1.165, 1.54) is 37.4 Å². The Labute approximate surface area is 206 Å². The number of hydrogen-bond acceptors (Lipinski definition) is 12. The number of hydrogen-bond donors (Lipinski definition) is 8. The van der Waals surface area contributed by atoms with Gasteiger partial charge in [-0.15, -0.1) is 0 Å². The van der Waals surface area contributed by atoms with E-state index in [4.69, 9.17) is 14.2 Å². The number of carbonyl (C=O) groups excluding carboxylic acids is 1. The minimum absolute atomic E-state index is 0.0460. The molecule has 198 valence electrons. The van der Waals surface area contributed by atoms with Gasteiger partial charge in [0.1, 0.15) is 30.5 Å². The summed E-state index contributed by atoms with van der Waals surface area (Å²) in [5, 5.41) is 78.8. The van der Waals surface area contributed by atoms with Gasteiger partial charge >= 0.3 is 0 Å². The number of ether oxygens (including phenoxy) is 3. The standard InChI is InChI=1S/C24H30O12/c1-34-23(12-3-5-15(28)17(30)9-12)18(7-6-13(26)11-2-4-14(27)16(29)8-11)35-24-22(33)21(32)20(31)19(10-25)36-24/h2-5,8-9,18-25,27-33H,6-7,10H2,1H3/t18-,19+,20-,21+,22+,23-,24-/m1/s1. The Hall–Kier alpha value is -2.97. The highest BCUT2D eigenvalue weighted by Crippen LogP contribution is 2.35. The van der Waals surface area contributed by atoms with Crippen LogP contribution in [0.15, 0.2) is 36.4 Å². The molecule has 1 heterocycles. The molecular weight excluding hydrogens is 480 g/mol. The van der Waals surface area contributed by atoms with E-state index >= 15 is 0 Å². The summed E-state index contributed by atoms with van der Waals surface area (Å²) in [5.74, 6) is -2.08. The minimum atomic E-state index is -1.71. The average Bonchev–Trinajstić information content (AvgIpc) is 2.86. The topological polar surface area (TPSA) is 207 Å². The molecule has 8 N–H and O–H groups in total. The lowest BCUT2D eigenvalue weighted by atomic mass is 9.96. The van der Waals surface area contributed by atoms with Crippen molar-refractivity contribution in [2.24, 2.45) is 0 Å². The van der Waals surface area contributed by atoms with Crippen LogP contribution in [0.5, 0.6) is 23.0 Å². The van der Waals surface area contributed by atoms with Crippen molar-refractivity contribution in [1.82, 2.24) is 0 Å². The molecule has 1 aliphatic rings. The van der Waals surface area contributed by atoms with Crippen LogP contribution in [-0.2, 0) is 14.2 Å². The molecule has 12 nitrogen and oxygen atoms in total. The van der Waals surface area contributed by atoms with Crippen LogP contribution in [-0.4, -0.2) is 97.2 Å². The molecule has 1 aliphatic heterocycles. The van der Waals surface area contributed by atoms with Crippen LogP contribution < -0.4 is 0 Å². The van der Waals surface area contributed by atoms with Crippen LogP contribution in [0.1, 0.15) is 34.9 Å². The summed E-state index contributed by atoms with van der Waals surface area (Å²) in [4.78, 5) is 12.8. The van der Waals surface area contributed by atoms with Crippen LogP contribution in [0.2, 0.25) is 0 Å². The van der Waals surface area contributed by atoms with Crippen molar-refractivity contribution in [1.29, 1.82) is 0 Å². The predicted molar refractivity (Wildman–Crippen MR) is 121 cm³/mol. The number of phenolic OH excluding ortho intramolecular Hbond substituents is 4. The summed E-state index contributed by atoms with van der Waals surface area (Å²) >= 11 is 0. The largest absolute Gasteiger partial charge is 0.504 e. The van der Waals surface area contributed by atoms with Crippen LogP contribution >= 0.6 is 0 Å². The molecule has 0 bridgehead atoms. The van der Waals surface area contributed by atoms with E-state index in [1.807, 2.05) is 0 Å². The van der Waals surface area contributed by atoms with E-state index in [1.54, 1.807) is 0 Å². The van der Waals surface area contributed by atoms with E-state index in [9.17, 15) is 45.6 Å². The summed E-state index contributed by atoms with van der Waals surface area (Å²) < 4.78 is 16.9. The Morgan fingerprint density at radius 1 is 0.917 bits per heavy atom. The summed E-state index contributed by atoms with van der Waals surface area (Å²) in [5.41, 5.74) is 0.463. The second-order valence-electron chi connectivity index (χ2n) is 8.44. The fourth-order valence-electron chi connectivity index (χ4n) is 3.98. The Morgan fingerprint density at radius 2 is 1.56 bits per heavy atom. The molecule has 0 aliphatic carbocycles. The number of carbonyl (C=O) groups is 1. The molecule has 2 aromatic carbocycles. The molecule has 0 radical (unpaired) electrons. The smallest absolute Gasteiger partial charge is 0.187 e.